The van der Waals surface area contributed by atoms with Crippen LogP contribution in [0.2, 0.25) is 0 Å². The van der Waals surface area contributed by atoms with Crippen molar-refractivity contribution >= 4 is 17.6 Å². The van der Waals surface area contributed by atoms with Gasteiger partial charge in [0.05, 0.1) is 12.1 Å². The predicted molar refractivity (Wildman–Crippen MR) is 78.8 cm³/mol. The Labute approximate surface area is 123 Å². The number of nitrogens with zero attached hydrogens (tertiary/aromatic N) is 1. The summed E-state index contributed by atoms with van der Waals surface area (Å²) in [4.78, 5) is 24.1. The van der Waals surface area contributed by atoms with E-state index in [1.807, 2.05) is 25.1 Å². The van der Waals surface area contributed by atoms with Gasteiger partial charge >= 0.3 is 5.97 Å². The molecule has 1 aliphatic rings. The number of benzene rings is 1. The second-order valence-corrected chi connectivity index (χ2v) is 5.10. The Kier molecular flexibility index (Phi) is 4.80. The van der Waals surface area contributed by atoms with Gasteiger partial charge in [-0.15, -0.1) is 0 Å². The highest BCUT2D eigenvalue weighted by molar-refractivity contribution is 5.97. The molecule has 1 aromatic rings. The summed E-state index contributed by atoms with van der Waals surface area (Å²) in [7, 11) is 1.71. The summed E-state index contributed by atoms with van der Waals surface area (Å²) in [6.07, 6.45) is 0.658. The van der Waals surface area contributed by atoms with Crippen molar-refractivity contribution < 1.29 is 19.4 Å². The van der Waals surface area contributed by atoms with Crippen molar-refractivity contribution in [3.8, 4) is 5.75 Å². The van der Waals surface area contributed by atoms with Crippen LogP contribution in [-0.2, 0) is 16.0 Å². The summed E-state index contributed by atoms with van der Waals surface area (Å²) < 4.78 is 5.38. The third kappa shape index (κ3) is 3.72. The highest BCUT2D eigenvalue weighted by atomic mass is 16.5. The SMILES string of the molecule is CCNC(CC(=O)O)Cc1ccc2c(c1)N(C)C(=O)CO2. The van der Waals surface area contributed by atoms with Crippen molar-refractivity contribution in [2.24, 2.45) is 0 Å². The molecule has 2 N–H and O–H groups in total. The van der Waals surface area contributed by atoms with Gasteiger partial charge in [0.25, 0.3) is 5.91 Å². The van der Waals surface area contributed by atoms with Crippen LogP contribution in [0.5, 0.6) is 5.75 Å². The van der Waals surface area contributed by atoms with Crippen LogP contribution < -0.4 is 15.0 Å². The van der Waals surface area contributed by atoms with Gasteiger partial charge in [-0.1, -0.05) is 13.0 Å². The molecule has 21 heavy (non-hydrogen) atoms. The zero-order valence-corrected chi connectivity index (χ0v) is 12.3. The van der Waals surface area contributed by atoms with Gasteiger partial charge in [0.2, 0.25) is 0 Å². The lowest BCUT2D eigenvalue weighted by Gasteiger charge is -2.27. The monoisotopic (exact) mass is 292 g/mol. The number of carboxylic acid groups (broad SMARTS) is 1. The average molecular weight is 292 g/mol. The molecule has 1 aliphatic heterocycles. The number of rotatable bonds is 6. The highest BCUT2D eigenvalue weighted by Gasteiger charge is 2.23. The van der Waals surface area contributed by atoms with Gasteiger partial charge in [0.15, 0.2) is 6.61 Å². The minimum absolute atomic E-state index is 0.0574. The normalized spacial score (nSPS) is 15.3. The number of nitrogens with one attached hydrogen (secondary N) is 1. The van der Waals surface area contributed by atoms with Crippen LogP contribution in [0.1, 0.15) is 18.9 Å². The number of hydrogen-bond donors (Lipinski definition) is 2. The summed E-state index contributed by atoms with van der Waals surface area (Å²) in [6.45, 7) is 2.72. The molecule has 0 saturated heterocycles. The molecule has 1 aromatic carbocycles. The Bertz CT molecular complexity index is 544. The van der Waals surface area contributed by atoms with E-state index in [9.17, 15) is 9.59 Å². The largest absolute Gasteiger partial charge is 0.482 e. The van der Waals surface area contributed by atoms with Crippen LogP contribution in [0, 0.1) is 0 Å². The number of carbonyl (C=O) groups is 2. The van der Waals surface area contributed by atoms with Gasteiger partial charge in [-0.3, -0.25) is 9.59 Å². The van der Waals surface area contributed by atoms with E-state index in [1.165, 1.54) is 0 Å². The van der Waals surface area contributed by atoms with Crippen LogP contribution in [0.15, 0.2) is 18.2 Å². The van der Waals surface area contributed by atoms with Gasteiger partial charge in [-0.2, -0.15) is 0 Å². The van der Waals surface area contributed by atoms with Crippen LogP contribution in [-0.4, -0.2) is 43.2 Å². The number of likely N-dealkylation sites (N-methyl/N-ethyl adjacent to an activating group) is 2. The first-order valence-electron chi connectivity index (χ1n) is 6.98. The highest BCUT2D eigenvalue weighted by Crippen LogP contribution is 2.32. The van der Waals surface area contributed by atoms with Crippen LogP contribution in [0.3, 0.4) is 0 Å². The average Bonchev–Trinajstić information content (AvgIpc) is 2.43. The Balaban J connectivity index is 2.17. The van der Waals surface area contributed by atoms with Crippen molar-refractivity contribution in [2.45, 2.75) is 25.8 Å². The van der Waals surface area contributed by atoms with E-state index in [0.717, 1.165) is 11.3 Å². The smallest absolute Gasteiger partial charge is 0.304 e. The van der Waals surface area contributed by atoms with Crippen LogP contribution in [0.25, 0.3) is 0 Å². The molecule has 6 heteroatoms. The Morgan fingerprint density at radius 3 is 2.95 bits per heavy atom. The fourth-order valence-electron chi connectivity index (χ4n) is 2.45. The first-order chi connectivity index (χ1) is 10.0. The Morgan fingerprint density at radius 2 is 2.29 bits per heavy atom. The summed E-state index contributed by atoms with van der Waals surface area (Å²) in [5, 5.41) is 12.1. The third-order valence-electron chi connectivity index (χ3n) is 3.51. The molecule has 1 amide bonds. The molecule has 2 rings (SSSR count). The minimum atomic E-state index is -0.825. The second kappa shape index (κ2) is 6.58. The first kappa shape index (κ1) is 15.3. The molecule has 0 radical (unpaired) electrons. The lowest BCUT2D eigenvalue weighted by molar-refractivity contribution is -0.137. The molecule has 0 saturated carbocycles. The van der Waals surface area contributed by atoms with E-state index in [4.69, 9.17) is 9.84 Å². The van der Waals surface area contributed by atoms with Gasteiger partial charge in [0, 0.05) is 13.1 Å². The van der Waals surface area contributed by atoms with E-state index < -0.39 is 5.97 Å². The number of fused-ring (bicyclic) bond motifs is 1. The van der Waals surface area contributed by atoms with Crippen molar-refractivity contribution in [1.29, 1.82) is 0 Å². The molecule has 0 aromatic heterocycles. The van der Waals surface area contributed by atoms with Gasteiger partial charge in [0.1, 0.15) is 5.75 Å². The lowest BCUT2D eigenvalue weighted by atomic mass is 10.0. The van der Waals surface area contributed by atoms with E-state index in [-0.39, 0.29) is 25.0 Å². The fourth-order valence-corrected chi connectivity index (χ4v) is 2.45. The maximum Gasteiger partial charge on any atom is 0.304 e. The molecule has 1 unspecified atom stereocenters. The molecular formula is C15H20N2O4. The zero-order valence-electron chi connectivity index (χ0n) is 12.3. The Hall–Kier alpha value is -2.08. The molecule has 0 spiro atoms. The quantitative estimate of drug-likeness (QED) is 0.819. The summed E-state index contributed by atoms with van der Waals surface area (Å²) in [5.41, 5.74) is 1.71. The fraction of sp³-hybridized carbons (Fsp3) is 0.467. The lowest BCUT2D eigenvalue weighted by Crippen LogP contribution is -2.36. The zero-order chi connectivity index (χ0) is 15.4. The molecular weight excluding hydrogens is 272 g/mol. The molecule has 0 aliphatic carbocycles. The number of carbonyl (C=O) groups excluding carboxylic acids is 1. The van der Waals surface area contributed by atoms with Crippen LogP contribution in [0.4, 0.5) is 5.69 Å². The minimum Gasteiger partial charge on any atom is -0.482 e. The van der Waals surface area contributed by atoms with E-state index in [1.54, 1.807) is 11.9 Å². The maximum atomic E-state index is 11.6. The van der Waals surface area contributed by atoms with Crippen molar-refractivity contribution in [1.82, 2.24) is 5.32 Å². The molecule has 1 atom stereocenters. The van der Waals surface area contributed by atoms with Gasteiger partial charge < -0.3 is 20.1 Å². The first-order valence-corrected chi connectivity index (χ1v) is 6.98. The van der Waals surface area contributed by atoms with Crippen molar-refractivity contribution in [3.63, 3.8) is 0 Å². The molecule has 0 bridgehead atoms. The molecule has 0 fully saturated rings. The van der Waals surface area contributed by atoms with E-state index in [0.29, 0.717) is 18.7 Å². The number of carboxylic acids is 1. The number of hydrogen-bond acceptors (Lipinski definition) is 4. The van der Waals surface area contributed by atoms with E-state index >= 15 is 0 Å². The Morgan fingerprint density at radius 1 is 1.52 bits per heavy atom. The topological polar surface area (TPSA) is 78.9 Å². The van der Waals surface area contributed by atoms with Crippen molar-refractivity contribution in [2.75, 3.05) is 25.1 Å². The summed E-state index contributed by atoms with van der Waals surface area (Å²) >= 11 is 0. The number of ether oxygens (including phenoxy) is 1. The summed E-state index contributed by atoms with van der Waals surface area (Å²) in [5.74, 6) is -0.234. The van der Waals surface area contributed by atoms with Gasteiger partial charge in [-0.25, -0.2) is 0 Å². The number of amides is 1. The van der Waals surface area contributed by atoms with Crippen LogP contribution >= 0.6 is 0 Å². The number of aliphatic carboxylic acids is 1. The number of anilines is 1. The predicted octanol–water partition coefficient (Wildman–Crippen LogP) is 1.04. The molecule has 6 nitrogen and oxygen atoms in total. The van der Waals surface area contributed by atoms with Crippen molar-refractivity contribution in [3.05, 3.63) is 23.8 Å². The molecule has 114 valence electrons. The second-order valence-electron chi connectivity index (χ2n) is 5.10. The van der Waals surface area contributed by atoms with Gasteiger partial charge in [-0.05, 0) is 30.7 Å². The summed E-state index contributed by atoms with van der Waals surface area (Å²) in [6, 6.07) is 5.50. The van der Waals surface area contributed by atoms with E-state index in [2.05, 4.69) is 5.32 Å². The standard InChI is InChI=1S/C15H20N2O4/c1-3-16-11(8-15(19)20)6-10-4-5-13-12(7-10)17(2)14(18)9-21-13/h4-5,7,11,16H,3,6,8-9H2,1-2H3,(H,19,20). The maximum absolute atomic E-state index is 11.6. The molecule has 1 heterocycles. The third-order valence-corrected chi connectivity index (χ3v) is 3.51.